The molecule has 1 aliphatic heterocycles. The monoisotopic (exact) mass is 319 g/mol. The molecule has 0 unspecified atom stereocenters. The zero-order chi connectivity index (χ0) is 16.0. The highest BCUT2D eigenvalue weighted by atomic mass is 32.2. The summed E-state index contributed by atoms with van der Waals surface area (Å²) in [4.78, 5) is 3.96. The Morgan fingerprint density at radius 2 is 1.30 bits per heavy atom. The Labute approximate surface area is 139 Å². The topological polar surface area (TPSA) is 26.3 Å². The summed E-state index contributed by atoms with van der Waals surface area (Å²) in [5.74, 6) is 0. The summed E-state index contributed by atoms with van der Waals surface area (Å²) < 4.78 is 12.9. The maximum Gasteiger partial charge on any atom is 0.182 e. The minimum absolute atomic E-state index is 0.867. The van der Waals surface area contributed by atoms with Gasteiger partial charge in [-0.25, -0.2) is 0 Å². The van der Waals surface area contributed by atoms with Crippen molar-refractivity contribution in [2.45, 2.75) is 23.6 Å². The van der Waals surface area contributed by atoms with Crippen LogP contribution < -0.4 is 4.90 Å². The molecule has 0 bridgehead atoms. The van der Waals surface area contributed by atoms with Gasteiger partial charge in [-0.05, 0) is 49.7 Å². The van der Waals surface area contributed by atoms with Crippen molar-refractivity contribution in [3.05, 3.63) is 77.9 Å². The van der Waals surface area contributed by atoms with Crippen LogP contribution in [-0.2, 0) is 11.2 Å². The molecule has 1 heterocycles. The van der Waals surface area contributed by atoms with E-state index in [-0.39, 0.29) is 0 Å². The van der Waals surface area contributed by atoms with E-state index in [1.807, 2.05) is 48.5 Å². The highest BCUT2D eigenvalue weighted by Crippen LogP contribution is 2.48. The molecule has 1 aliphatic rings. The molecule has 0 fully saturated rings. The Balaban J connectivity index is 2.01. The lowest BCUT2D eigenvalue weighted by molar-refractivity contribution is 0.594. The van der Waals surface area contributed by atoms with Crippen molar-refractivity contribution in [2.75, 3.05) is 4.90 Å². The number of fused-ring (bicyclic) bond motifs is 2. The van der Waals surface area contributed by atoms with Gasteiger partial charge in [0, 0.05) is 16.9 Å². The van der Waals surface area contributed by atoms with E-state index in [4.69, 9.17) is 0 Å². The number of hydrogen-bond acceptors (Lipinski definition) is 2. The first-order valence-corrected chi connectivity index (χ1v) is 8.79. The van der Waals surface area contributed by atoms with Gasteiger partial charge in [-0.1, -0.05) is 42.0 Å². The number of anilines is 3. The standard InChI is InChI=1S/C20H17NOS/c1-14-11-12-16(15(2)13-14)21-17-7-3-5-9-19(17)23(22)20-10-6-4-8-18(20)21/h3-13H,1-2H3. The molecule has 2 nitrogen and oxygen atoms in total. The molecule has 114 valence electrons. The largest absolute Gasteiger partial charge is 0.606 e. The molecule has 3 aromatic rings. The van der Waals surface area contributed by atoms with E-state index < -0.39 is 11.2 Å². The third-order valence-corrected chi connectivity index (χ3v) is 5.69. The van der Waals surface area contributed by atoms with E-state index in [1.54, 1.807) is 0 Å². The zero-order valence-corrected chi connectivity index (χ0v) is 13.9. The van der Waals surface area contributed by atoms with Crippen LogP contribution in [0.4, 0.5) is 17.1 Å². The van der Waals surface area contributed by atoms with Gasteiger partial charge in [-0.15, -0.1) is 0 Å². The lowest BCUT2D eigenvalue weighted by atomic mass is 10.1. The van der Waals surface area contributed by atoms with Crippen LogP contribution in [0, 0.1) is 13.8 Å². The fraction of sp³-hybridized carbons (Fsp3) is 0.100. The predicted molar refractivity (Wildman–Crippen MR) is 95.3 cm³/mol. The Morgan fingerprint density at radius 1 is 0.739 bits per heavy atom. The number of para-hydroxylation sites is 2. The van der Waals surface area contributed by atoms with Crippen LogP contribution in [0.25, 0.3) is 0 Å². The van der Waals surface area contributed by atoms with Crippen LogP contribution in [0.5, 0.6) is 0 Å². The Kier molecular flexibility index (Phi) is 3.40. The van der Waals surface area contributed by atoms with Crippen LogP contribution in [0.1, 0.15) is 11.1 Å². The summed E-state index contributed by atoms with van der Waals surface area (Å²) in [6.45, 7) is 4.23. The highest BCUT2D eigenvalue weighted by molar-refractivity contribution is 7.92. The van der Waals surface area contributed by atoms with Gasteiger partial charge in [0.15, 0.2) is 9.79 Å². The van der Waals surface area contributed by atoms with E-state index in [0.29, 0.717) is 0 Å². The van der Waals surface area contributed by atoms with E-state index in [9.17, 15) is 4.55 Å². The Morgan fingerprint density at radius 3 is 1.87 bits per heavy atom. The van der Waals surface area contributed by atoms with Crippen molar-refractivity contribution in [3.8, 4) is 0 Å². The number of aryl methyl sites for hydroxylation is 2. The van der Waals surface area contributed by atoms with Gasteiger partial charge in [0.05, 0.1) is 0 Å². The van der Waals surface area contributed by atoms with Crippen molar-refractivity contribution in [3.63, 3.8) is 0 Å². The zero-order valence-electron chi connectivity index (χ0n) is 13.1. The first-order valence-electron chi connectivity index (χ1n) is 7.64. The Bertz CT molecular complexity index is 843. The molecule has 0 amide bonds. The molecule has 0 aromatic heterocycles. The first kappa shape index (κ1) is 14.4. The average Bonchev–Trinajstić information content (AvgIpc) is 2.57. The fourth-order valence-corrected chi connectivity index (χ4v) is 4.50. The summed E-state index contributed by atoms with van der Waals surface area (Å²) in [5.41, 5.74) is 5.58. The predicted octanol–water partition coefficient (Wildman–Crippen LogP) is 5.25. The minimum Gasteiger partial charge on any atom is -0.606 e. The first-order chi connectivity index (χ1) is 11.2. The van der Waals surface area contributed by atoms with Gasteiger partial charge in [-0.2, -0.15) is 0 Å². The summed E-state index contributed by atoms with van der Waals surface area (Å²) in [6, 6.07) is 22.4. The minimum atomic E-state index is -1.14. The maximum absolute atomic E-state index is 12.9. The normalized spacial score (nSPS) is 13.6. The van der Waals surface area contributed by atoms with Crippen LogP contribution >= 0.6 is 0 Å². The van der Waals surface area contributed by atoms with Crippen molar-refractivity contribution in [2.24, 2.45) is 0 Å². The molecule has 0 radical (unpaired) electrons. The second-order valence-corrected chi connectivity index (χ2v) is 7.25. The number of benzene rings is 3. The molecule has 23 heavy (non-hydrogen) atoms. The summed E-state index contributed by atoms with van der Waals surface area (Å²) in [5, 5.41) is 0. The number of hydrogen-bond donors (Lipinski definition) is 0. The SMILES string of the molecule is Cc1ccc(N2c3ccccc3[S+]([O-])c3ccccc32)c(C)c1. The molecular formula is C20H17NOS. The molecule has 0 aliphatic carbocycles. The van der Waals surface area contributed by atoms with Gasteiger partial charge in [0.2, 0.25) is 0 Å². The van der Waals surface area contributed by atoms with E-state index in [0.717, 1.165) is 26.9 Å². The molecule has 4 rings (SSSR count). The second-order valence-electron chi connectivity index (χ2n) is 5.83. The van der Waals surface area contributed by atoms with Crippen LogP contribution in [0.2, 0.25) is 0 Å². The van der Waals surface area contributed by atoms with Crippen molar-refractivity contribution < 1.29 is 4.55 Å². The maximum atomic E-state index is 12.9. The van der Waals surface area contributed by atoms with Gasteiger partial charge in [-0.3, -0.25) is 0 Å². The average molecular weight is 319 g/mol. The lowest BCUT2D eigenvalue weighted by Crippen LogP contribution is -2.22. The van der Waals surface area contributed by atoms with Gasteiger partial charge < -0.3 is 9.45 Å². The van der Waals surface area contributed by atoms with Gasteiger partial charge >= 0.3 is 0 Å². The molecule has 3 aromatic carbocycles. The van der Waals surface area contributed by atoms with Gasteiger partial charge in [0.25, 0.3) is 0 Å². The summed E-state index contributed by atoms with van der Waals surface area (Å²) in [7, 11) is 0. The van der Waals surface area contributed by atoms with Crippen LogP contribution in [-0.4, -0.2) is 4.55 Å². The van der Waals surface area contributed by atoms with Crippen LogP contribution in [0.15, 0.2) is 76.5 Å². The highest BCUT2D eigenvalue weighted by Gasteiger charge is 2.34. The molecule has 3 heteroatoms. The Hall–Kier alpha value is -2.23. The van der Waals surface area contributed by atoms with E-state index in [1.165, 1.54) is 11.1 Å². The van der Waals surface area contributed by atoms with E-state index in [2.05, 4.69) is 36.9 Å². The fourth-order valence-electron chi connectivity index (χ4n) is 3.16. The van der Waals surface area contributed by atoms with Crippen molar-refractivity contribution in [1.29, 1.82) is 0 Å². The smallest absolute Gasteiger partial charge is 0.182 e. The van der Waals surface area contributed by atoms with E-state index >= 15 is 0 Å². The molecule has 0 spiro atoms. The molecule has 0 N–H and O–H groups in total. The molecule has 0 saturated carbocycles. The van der Waals surface area contributed by atoms with Crippen molar-refractivity contribution >= 4 is 28.2 Å². The summed E-state index contributed by atoms with van der Waals surface area (Å²) >= 11 is -1.14. The summed E-state index contributed by atoms with van der Waals surface area (Å²) in [6.07, 6.45) is 0. The lowest BCUT2D eigenvalue weighted by Gasteiger charge is -2.33. The molecule has 0 saturated heterocycles. The van der Waals surface area contributed by atoms with Crippen molar-refractivity contribution in [1.82, 2.24) is 0 Å². The third-order valence-electron chi connectivity index (χ3n) is 4.20. The van der Waals surface area contributed by atoms with Crippen LogP contribution in [0.3, 0.4) is 0 Å². The molecule has 0 atom stereocenters. The molecular weight excluding hydrogens is 302 g/mol. The van der Waals surface area contributed by atoms with Gasteiger partial charge in [0.1, 0.15) is 11.4 Å². The third kappa shape index (κ3) is 2.24. The number of nitrogens with zero attached hydrogens (tertiary/aromatic N) is 1. The second kappa shape index (κ2) is 5.44. The number of rotatable bonds is 1. The quantitative estimate of drug-likeness (QED) is 0.572.